The van der Waals surface area contributed by atoms with Crippen LogP contribution in [0.2, 0.25) is 5.15 Å². The summed E-state index contributed by atoms with van der Waals surface area (Å²) < 4.78 is 0. The van der Waals surface area contributed by atoms with Crippen molar-refractivity contribution in [2.24, 2.45) is 0 Å². The molecule has 0 amide bonds. The van der Waals surface area contributed by atoms with E-state index in [-0.39, 0.29) is 5.95 Å². The fraction of sp³-hybridized carbons (Fsp3) is 0.500. The molecule has 64 valence electrons. The van der Waals surface area contributed by atoms with Crippen molar-refractivity contribution in [3.8, 4) is 0 Å². The van der Waals surface area contributed by atoms with Crippen molar-refractivity contribution in [3.63, 3.8) is 0 Å². The molecule has 2 N–H and O–H groups in total. The zero-order valence-corrected chi connectivity index (χ0v) is 7.38. The van der Waals surface area contributed by atoms with Gasteiger partial charge in [-0.25, -0.2) is 9.97 Å². The Kier molecular flexibility index (Phi) is 1.89. The smallest absolute Gasteiger partial charge is 0.221 e. The maximum atomic E-state index is 5.74. The Labute approximate surface area is 76.0 Å². The Morgan fingerprint density at radius 1 is 1.42 bits per heavy atom. The molecule has 1 fully saturated rings. The van der Waals surface area contributed by atoms with Crippen molar-refractivity contribution in [1.29, 1.82) is 0 Å². The van der Waals surface area contributed by atoms with E-state index in [0.717, 1.165) is 5.69 Å². The standard InChI is InChI=1S/C8H10ClN3/c9-7-4-6(5-2-1-3-5)11-8(10)12-7/h4-5H,1-3H2,(H2,10,11,12). The molecule has 1 aromatic heterocycles. The maximum Gasteiger partial charge on any atom is 0.221 e. The molecule has 0 aromatic carbocycles. The van der Waals surface area contributed by atoms with Gasteiger partial charge in [-0.2, -0.15) is 0 Å². The van der Waals surface area contributed by atoms with Crippen molar-refractivity contribution in [2.75, 3.05) is 5.73 Å². The Hall–Kier alpha value is -0.830. The van der Waals surface area contributed by atoms with Crippen molar-refractivity contribution in [3.05, 3.63) is 16.9 Å². The minimum absolute atomic E-state index is 0.282. The van der Waals surface area contributed by atoms with E-state index in [1.165, 1.54) is 19.3 Å². The first-order valence-electron chi connectivity index (χ1n) is 4.05. The van der Waals surface area contributed by atoms with Crippen LogP contribution in [0.4, 0.5) is 5.95 Å². The molecule has 0 spiro atoms. The molecular weight excluding hydrogens is 174 g/mol. The van der Waals surface area contributed by atoms with Crippen LogP contribution in [0.5, 0.6) is 0 Å². The first-order valence-corrected chi connectivity index (χ1v) is 4.43. The number of hydrogen-bond donors (Lipinski definition) is 1. The Morgan fingerprint density at radius 2 is 2.17 bits per heavy atom. The van der Waals surface area contributed by atoms with Gasteiger partial charge in [-0.1, -0.05) is 18.0 Å². The number of rotatable bonds is 1. The second-order valence-electron chi connectivity index (χ2n) is 3.10. The second-order valence-corrected chi connectivity index (χ2v) is 3.49. The van der Waals surface area contributed by atoms with Crippen LogP contribution in [-0.4, -0.2) is 9.97 Å². The molecule has 0 saturated heterocycles. The minimum atomic E-state index is 0.282. The fourth-order valence-electron chi connectivity index (χ4n) is 1.37. The molecule has 0 atom stereocenters. The highest BCUT2D eigenvalue weighted by molar-refractivity contribution is 6.29. The molecule has 3 nitrogen and oxygen atoms in total. The number of nitrogens with two attached hydrogens (primary N) is 1. The molecule has 0 radical (unpaired) electrons. The average molecular weight is 184 g/mol. The molecule has 12 heavy (non-hydrogen) atoms. The predicted molar refractivity (Wildman–Crippen MR) is 48.0 cm³/mol. The van der Waals surface area contributed by atoms with E-state index in [9.17, 15) is 0 Å². The van der Waals surface area contributed by atoms with Gasteiger partial charge in [0.1, 0.15) is 5.15 Å². The van der Waals surface area contributed by atoms with Gasteiger partial charge < -0.3 is 5.73 Å². The van der Waals surface area contributed by atoms with Crippen LogP contribution in [0.25, 0.3) is 0 Å². The summed E-state index contributed by atoms with van der Waals surface area (Å²) in [4.78, 5) is 7.95. The van der Waals surface area contributed by atoms with Gasteiger partial charge in [0.05, 0.1) is 5.69 Å². The van der Waals surface area contributed by atoms with Crippen LogP contribution >= 0.6 is 11.6 Å². The van der Waals surface area contributed by atoms with Crippen LogP contribution < -0.4 is 5.73 Å². The number of halogens is 1. The maximum absolute atomic E-state index is 5.74. The lowest BCUT2D eigenvalue weighted by Gasteiger charge is -2.24. The zero-order valence-electron chi connectivity index (χ0n) is 6.63. The summed E-state index contributed by atoms with van der Waals surface area (Å²) in [7, 11) is 0. The Balaban J connectivity index is 2.30. The van der Waals surface area contributed by atoms with Crippen molar-refractivity contribution < 1.29 is 0 Å². The number of hydrogen-bond acceptors (Lipinski definition) is 3. The Bertz CT molecular complexity index is 276. The van der Waals surface area contributed by atoms with Crippen LogP contribution in [0.3, 0.4) is 0 Å². The molecule has 4 heteroatoms. The molecule has 1 saturated carbocycles. The van der Waals surface area contributed by atoms with Crippen LogP contribution in [0, 0.1) is 0 Å². The molecule has 0 bridgehead atoms. The average Bonchev–Trinajstić information content (AvgIpc) is 1.79. The monoisotopic (exact) mass is 183 g/mol. The van der Waals surface area contributed by atoms with Gasteiger partial charge >= 0.3 is 0 Å². The van der Waals surface area contributed by atoms with E-state index in [1.807, 2.05) is 6.07 Å². The van der Waals surface area contributed by atoms with Crippen molar-refractivity contribution >= 4 is 17.5 Å². The fourth-order valence-corrected chi connectivity index (χ4v) is 1.56. The lowest BCUT2D eigenvalue weighted by Crippen LogP contribution is -2.12. The highest BCUT2D eigenvalue weighted by Crippen LogP contribution is 2.35. The summed E-state index contributed by atoms with van der Waals surface area (Å²) in [5.74, 6) is 0.845. The highest BCUT2D eigenvalue weighted by atomic mass is 35.5. The van der Waals surface area contributed by atoms with Gasteiger partial charge in [0.15, 0.2) is 0 Å². The molecule has 1 aromatic rings. The third kappa shape index (κ3) is 1.37. The van der Waals surface area contributed by atoms with Gasteiger partial charge in [0, 0.05) is 5.92 Å². The van der Waals surface area contributed by atoms with Gasteiger partial charge in [-0.05, 0) is 18.9 Å². The third-order valence-electron chi connectivity index (χ3n) is 2.26. The van der Waals surface area contributed by atoms with E-state index in [4.69, 9.17) is 17.3 Å². The third-order valence-corrected chi connectivity index (χ3v) is 2.45. The SMILES string of the molecule is Nc1nc(Cl)cc(C2CCC2)n1. The number of anilines is 1. The van der Waals surface area contributed by atoms with E-state index in [2.05, 4.69) is 9.97 Å². The number of nitrogen functional groups attached to an aromatic ring is 1. The topological polar surface area (TPSA) is 51.8 Å². The predicted octanol–water partition coefficient (Wildman–Crippen LogP) is 1.98. The van der Waals surface area contributed by atoms with E-state index >= 15 is 0 Å². The molecule has 1 aliphatic carbocycles. The van der Waals surface area contributed by atoms with Crippen molar-refractivity contribution in [1.82, 2.24) is 9.97 Å². The van der Waals surface area contributed by atoms with E-state index in [0.29, 0.717) is 11.1 Å². The minimum Gasteiger partial charge on any atom is -0.368 e. The molecule has 1 heterocycles. The van der Waals surface area contributed by atoms with E-state index in [1.54, 1.807) is 0 Å². The number of aromatic nitrogens is 2. The van der Waals surface area contributed by atoms with Gasteiger partial charge in [-0.3, -0.25) is 0 Å². The first kappa shape index (κ1) is 7.80. The first-order chi connectivity index (χ1) is 5.75. The molecule has 0 aliphatic heterocycles. The molecule has 2 rings (SSSR count). The highest BCUT2D eigenvalue weighted by Gasteiger charge is 2.21. The summed E-state index contributed by atoms with van der Waals surface area (Å²) in [6, 6.07) is 1.81. The lowest BCUT2D eigenvalue weighted by molar-refractivity contribution is 0.411. The summed E-state index contributed by atoms with van der Waals surface area (Å²) in [5.41, 5.74) is 6.47. The quantitative estimate of drug-likeness (QED) is 0.678. The lowest BCUT2D eigenvalue weighted by atomic mass is 9.83. The normalized spacial score (nSPS) is 17.4. The zero-order chi connectivity index (χ0) is 8.55. The van der Waals surface area contributed by atoms with Crippen molar-refractivity contribution in [2.45, 2.75) is 25.2 Å². The van der Waals surface area contributed by atoms with Crippen LogP contribution in [0.15, 0.2) is 6.07 Å². The summed E-state index contributed by atoms with van der Waals surface area (Å²) in [6.07, 6.45) is 3.69. The van der Waals surface area contributed by atoms with Crippen LogP contribution in [0.1, 0.15) is 30.9 Å². The number of nitrogens with zero attached hydrogens (tertiary/aromatic N) is 2. The largest absolute Gasteiger partial charge is 0.368 e. The second kappa shape index (κ2) is 2.90. The van der Waals surface area contributed by atoms with Crippen LogP contribution in [-0.2, 0) is 0 Å². The van der Waals surface area contributed by atoms with Gasteiger partial charge in [0.2, 0.25) is 5.95 Å². The van der Waals surface area contributed by atoms with Gasteiger partial charge in [0.25, 0.3) is 0 Å². The molecular formula is C8H10ClN3. The van der Waals surface area contributed by atoms with Gasteiger partial charge in [-0.15, -0.1) is 0 Å². The Morgan fingerprint density at radius 3 is 2.67 bits per heavy atom. The van der Waals surface area contributed by atoms with E-state index < -0.39 is 0 Å². The summed E-state index contributed by atoms with van der Waals surface area (Å²) in [5, 5.41) is 0.449. The summed E-state index contributed by atoms with van der Waals surface area (Å²) >= 11 is 5.74. The molecule has 0 unspecified atom stereocenters. The molecule has 1 aliphatic rings. The summed E-state index contributed by atoms with van der Waals surface area (Å²) in [6.45, 7) is 0.